The van der Waals surface area contributed by atoms with Crippen molar-refractivity contribution in [3.63, 3.8) is 0 Å². The Balaban J connectivity index is 1.36. The van der Waals surface area contributed by atoms with Gasteiger partial charge in [0, 0.05) is 38.4 Å². The zero-order chi connectivity index (χ0) is 21.1. The summed E-state index contributed by atoms with van der Waals surface area (Å²) in [6, 6.07) is 8.94. The molecule has 1 aliphatic carbocycles. The van der Waals surface area contributed by atoms with Gasteiger partial charge in [-0.15, -0.1) is 0 Å². The van der Waals surface area contributed by atoms with E-state index in [4.69, 9.17) is 37.4 Å². The van der Waals surface area contributed by atoms with Gasteiger partial charge >= 0.3 is 0 Å². The summed E-state index contributed by atoms with van der Waals surface area (Å²) in [6.07, 6.45) is 4.84. The van der Waals surface area contributed by atoms with E-state index in [0.29, 0.717) is 46.5 Å². The first kappa shape index (κ1) is 20.9. The summed E-state index contributed by atoms with van der Waals surface area (Å²) < 4.78 is 18.1. The van der Waals surface area contributed by atoms with Crippen molar-refractivity contribution in [1.82, 2.24) is 14.7 Å². The van der Waals surface area contributed by atoms with Crippen molar-refractivity contribution in [2.45, 2.75) is 31.6 Å². The van der Waals surface area contributed by atoms with Crippen LogP contribution in [-0.2, 0) is 16.1 Å². The summed E-state index contributed by atoms with van der Waals surface area (Å²) in [5.41, 5.74) is 1.98. The van der Waals surface area contributed by atoms with Gasteiger partial charge < -0.3 is 23.9 Å². The van der Waals surface area contributed by atoms with E-state index in [2.05, 4.69) is 10.3 Å². The van der Waals surface area contributed by atoms with Crippen molar-refractivity contribution in [3.8, 4) is 5.75 Å². The van der Waals surface area contributed by atoms with Crippen LogP contribution in [0.15, 0.2) is 42.7 Å². The normalized spacial score (nSPS) is 18.2. The third-order valence-corrected chi connectivity index (χ3v) is 5.77. The van der Waals surface area contributed by atoms with Gasteiger partial charge in [0.25, 0.3) is 5.91 Å². The van der Waals surface area contributed by atoms with E-state index in [1.54, 1.807) is 43.8 Å². The van der Waals surface area contributed by atoms with E-state index >= 15 is 0 Å². The third kappa shape index (κ3) is 4.39. The minimum absolute atomic E-state index is 0.0157. The van der Waals surface area contributed by atoms with Gasteiger partial charge in [0.15, 0.2) is 0 Å². The lowest BCUT2D eigenvalue weighted by atomic mass is 9.89. The van der Waals surface area contributed by atoms with Gasteiger partial charge in [0.1, 0.15) is 29.3 Å². The molecule has 0 saturated heterocycles. The average Bonchev–Trinajstić information content (AvgIpc) is 3.20. The number of imidazole rings is 1. The number of fused-ring (bicyclic) bond motifs is 1. The maximum atomic E-state index is 12.8. The van der Waals surface area contributed by atoms with Gasteiger partial charge in [-0.2, -0.15) is 0 Å². The molecule has 1 aromatic carbocycles. The lowest BCUT2D eigenvalue weighted by molar-refractivity contribution is -0.0403. The molecule has 9 heteroatoms. The van der Waals surface area contributed by atoms with Gasteiger partial charge in [-0.25, -0.2) is 4.98 Å². The molecule has 0 bridgehead atoms. The quantitative estimate of drug-likeness (QED) is 0.413. The second-order valence-electron chi connectivity index (χ2n) is 7.05. The second kappa shape index (κ2) is 9.22. The van der Waals surface area contributed by atoms with Crippen molar-refractivity contribution in [2.24, 2.45) is 0 Å². The number of nitrogens with one attached hydrogen (secondary N) is 1. The minimum Gasteiger partial charge on any atom is -0.489 e. The monoisotopic (exact) mass is 449 g/mol. The number of carbonyl (C=O) groups excluding carboxylic acids is 1. The summed E-state index contributed by atoms with van der Waals surface area (Å²) in [5.74, 6) is 0.393. The maximum absolute atomic E-state index is 12.8. The molecule has 4 rings (SSSR count). The molecule has 3 aromatic rings. The molecular weight excluding hydrogens is 429 g/mol. The van der Waals surface area contributed by atoms with Gasteiger partial charge in [-0.1, -0.05) is 29.3 Å². The molecule has 0 unspecified atom stereocenters. The highest BCUT2D eigenvalue weighted by Crippen LogP contribution is 2.35. The first-order valence-corrected chi connectivity index (χ1v) is 10.3. The van der Waals surface area contributed by atoms with Crippen molar-refractivity contribution < 1.29 is 19.0 Å². The van der Waals surface area contributed by atoms with E-state index in [9.17, 15) is 4.79 Å². The Morgan fingerprint density at radius 2 is 2.10 bits per heavy atom. The number of rotatable bonds is 8. The predicted octanol–water partition coefficient (Wildman–Crippen LogP) is 4.10. The molecule has 30 heavy (non-hydrogen) atoms. The van der Waals surface area contributed by atoms with Crippen LogP contribution < -0.4 is 10.1 Å². The third-order valence-electron chi connectivity index (χ3n) is 4.97. The summed E-state index contributed by atoms with van der Waals surface area (Å²) >= 11 is 12.2. The highest BCUT2D eigenvalue weighted by Gasteiger charge is 2.33. The number of methoxy groups -OCH3 is 1. The first-order valence-electron chi connectivity index (χ1n) is 9.50. The van der Waals surface area contributed by atoms with Crippen LogP contribution in [0.2, 0.25) is 10.0 Å². The molecule has 1 saturated carbocycles. The molecule has 1 amide bonds. The average molecular weight is 450 g/mol. The number of ether oxygens (including phenoxy) is 3. The molecule has 1 aliphatic rings. The number of hydrogen-bond acceptors (Lipinski definition) is 5. The Hall–Kier alpha value is -2.32. The smallest absolute Gasteiger partial charge is 0.255 e. The summed E-state index contributed by atoms with van der Waals surface area (Å²) in [6.45, 7) is 0.556. The molecule has 2 aromatic heterocycles. The van der Waals surface area contributed by atoms with Crippen LogP contribution in [0.4, 0.5) is 0 Å². The van der Waals surface area contributed by atoms with Crippen LogP contribution in [0.5, 0.6) is 5.75 Å². The largest absolute Gasteiger partial charge is 0.489 e. The summed E-state index contributed by atoms with van der Waals surface area (Å²) in [5, 5.41) is 3.91. The summed E-state index contributed by atoms with van der Waals surface area (Å²) in [7, 11) is 1.57. The number of nitrogens with zero attached hydrogens (tertiary/aromatic N) is 2. The Kier molecular flexibility index (Phi) is 6.43. The van der Waals surface area contributed by atoms with E-state index < -0.39 is 0 Å². The van der Waals surface area contributed by atoms with E-state index in [1.807, 2.05) is 10.5 Å². The molecule has 0 aliphatic heterocycles. The van der Waals surface area contributed by atoms with Crippen LogP contribution in [0, 0.1) is 0 Å². The molecule has 1 fully saturated rings. The molecule has 2 heterocycles. The fourth-order valence-electron chi connectivity index (χ4n) is 3.39. The van der Waals surface area contributed by atoms with Gasteiger partial charge in [0.05, 0.1) is 22.9 Å². The fourth-order valence-corrected chi connectivity index (χ4v) is 3.73. The van der Waals surface area contributed by atoms with E-state index in [1.165, 1.54) is 0 Å². The van der Waals surface area contributed by atoms with Crippen LogP contribution >= 0.6 is 23.2 Å². The summed E-state index contributed by atoms with van der Waals surface area (Å²) in [4.78, 5) is 17.1. The second-order valence-corrected chi connectivity index (χ2v) is 7.83. The zero-order valence-electron chi connectivity index (χ0n) is 16.3. The Labute approximate surface area is 183 Å². The fraction of sp³-hybridized carbons (Fsp3) is 0.333. The van der Waals surface area contributed by atoms with Crippen LogP contribution in [-0.4, -0.2) is 41.3 Å². The van der Waals surface area contributed by atoms with Gasteiger partial charge in [-0.05, 0) is 24.3 Å². The standard InChI is InChI=1S/C21H21Cl2N3O4/c1-28-12-29-11-14-5-6-16(20-24-7-8-26(14)20)21(27)25-13-9-15(10-13)30-18-4-2-3-17(22)19(18)23/h2-8,13,15H,9-12H2,1H3,(H,25,27). The number of aromatic nitrogens is 2. The number of benzene rings is 1. The Morgan fingerprint density at radius 3 is 2.90 bits per heavy atom. The molecule has 0 radical (unpaired) electrons. The molecule has 0 atom stereocenters. The number of hydrogen-bond donors (Lipinski definition) is 1. The van der Waals surface area contributed by atoms with Crippen molar-refractivity contribution in [1.29, 1.82) is 0 Å². The van der Waals surface area contributed by atoms with E-state index in [-0.39, 0.29) is 24.8 Å². The molecule has 158 valence electrons. The van der Waals surface area contributed by atoms with Gasteiger partial charge in [-0.3, -0.25) is 4.79 Å². The Bertz CT molecular complexity index is 1050. The Morgan fingerprint density at radius 1 is 1.27 bits per heavy atom. The SMILES string of the molecule is COCOCc1ccc(C(=O)NC2CC(Oc3cccc(Cl)c3Cl)C2)c2nccn12. The lowest BCUT2D eigenvalue weighted by Crippen LogP contribution is -2.49. The highest BCUT2D eigenvalue weighted by atomic mass is 35.5. The molecule has 0 spiro atoms. The lowest BCUT2D eigenvalue weighted by Gasteiger charge is -2.36. The van der Waals surface area contributed by atoms with Crippen LogP contribution in [0.1, 0.15) is 28.9 Å². The number of amides is 1. The predicted molar refractivity (Wildman–Crippen MR) is 113 cm³/mol. The van der Waals surface area contributed by atoms with Crippen molar-refractivity contribution in [2.75, 3.05) is 13.9 Å². The number of pyridine rings is 1. The van der Waals surface area contributed by atoms with E-state index in [0.717, 1.165) is 5.69 Å². The minimum atomic E-state index is -0.167. The van der Waals surface area contributed by atoms with Crippen LogP contribution in [0.3, 0.4) is 0 Å². The van der Waals surface area contributed by atoms with Crippen molar-refractivity contribution in [3.05, 3.63) is 64.0 Å². The highest BCUT2D eigenvalue weighted by molar-refractivity contribution is 6.42. The first-order chi connectivity index (χ1) is 14.6. The topological polar surface area (TPSA) is 74.1 Å². The molecule has 7 nitrogen and oxygen atoms in total. The maximum Gasteiger partial charge on any atom is 0.255 e. The number of halogens is 2. The van der Waals surface area contributed by atoms with Crippen LogP contribution in [0.25, 0.3) is 5.65 Å². The molecule has 1 N–H and O–H groups in total. The molecular formula is C21H21Cl2N3O4. The van der Waals surface area contributed by atoms with Gasteiger partial charge in [0.2, 0.25) is 0 Å². The van der Waals surface area contributed by atoms with Crippen molar-refractivity contribution >= 4 is 34.8 Å². The number of carbonyl (C=O) groups is 1. The zero-order valence-corrected chi connectivity index (χ0v) is 17.8.